The average molecular weight is 560 g/mol. The summed E-state index contributed by atoms with van der Waals surface area (Å²) in [5, 5.41) is 2.95. The van der Waals surface area contributed by atoms with Crippen molar-refractivity contribution in [3.63, 3.8) is 0 Å². The molecule has 11 heteroatoms. The largest absolute Gasteiger partial charge is 0.497 e. The molecule has 0 spiro atoms. The summed E-state index contributed by atoms with van der Waals surface area (Å²) in [5.41, 5.74) is 13.7. The lowest BCUT2D eigenvalue weighted by Crippen LogP contribution is -2.44. The topological polar surface area (TPSA) is 150 Å². The van der Waals surface area contributed by atoms with E-state index in [-0.39, 0.29) is 22.8 Å². The molecule has 10 nitrogen and oxygen atoms in total. The highest BCUT2D eigenvalue weighted by Crippen LogP contribution is 2.39. The van der Waals surface area contributed by atoms with Crippen molar-refractivity contribution in [2.24, 2.45) is 5.73 Å². The Bertz CT molecular complexity index is 1520. The Kier molecular flexibility index (Phi) is 8.65. The normalized spacial score (nSPS) is 11.4. The molecular formula is C29H29N5O5S. The first-order valence-electron chi connectivity index (χ1n) is 12.2. The highest BCUT2D eigenvalue weighted by Gasteiger charge is 2.37. The van der Waals surface area contributed by atoms with Crippen molar-refractivity contribution in [1.29, 1.82) is 0 Å². The highest BCUT2D eigenvalue weighted by atomic mass is 32.1. The van der Waals surface area contributed by atoms with Crippen LogP contribution in [0.15, 0.2) is 72.8 Å². The third-order valence-electron chi connectivity index (χ3n) is 6.22. The number of nitrogen functional groups attached to an aromatic ring is 1. The van der Waals surface area contributed by atoms with E-state index in [2.05, 4.69) is 9.69 Å². The fourth-order valence-corrected chi connectivity index (χ4v) is 4.92. The van der Waals surface area contributed by atoms with Gasteiger partial charge in [-0.3, -0.25) is 19.3 Å². The van der Waals surface area contributed by atoms with Crippen molar-refractivity contribution in [2.75, 3.05) is 24.9 Å². The molecule has 4 rings (SSSR count). The molecule has 1 heterocycles. The minimum absolute atomic E-state index is 0.0354. The Hall–Kier alpha value is -4.90. The van der Waals surface area contributed by atoms with Crippen LogP contribution in [0.4, 0.5) is 11.4 Å². The van der Waals surface area contributed by atoms with Gasteiger partial charge in [0.25, 0.3) is 11.8 Å². The predicted octanol–water partition coefficient (Wildman–Crippen LogP) is 3.85. The number of methoxy groups -OCH3 is 2. The molecule has 1 atom stereocenters. The molecule has 0 saturated carbocycles. The van der Waals surface area contributed by atoms with Crippen molar-refractivity contribution in [3.05, 3.63) is 100 Å². The van der Waals surface area contributed by atoms with Gasteiger partial charge in [0.1, 0.15) is 22.4 Å². The molecule has 0 aliphatic rings. The van der Waals surface area contributed by atoms with Crippen LogP contribution in [-0.2, 0) is 11.3 Å². The van der Waals surface area contributed by atoms with Crippen molar-refractivity contribution >= 4 is 40.6 Å². The summed E-state index contributed by atoms with van der Waals surface area (Å²) in [6.07, 6.45) is 0. The fraction of sp³-hybridized carbons (Fsp3) is 0.172. The quantitative estimate of drug-likeness (QED) is 0.267. The molecule has 4 aromatic rings. The van der Waals surface area contributed by atoms with Crippen LogP contribution in [0.25, 0.3) is 0 Å². The van der Waals surface area contributed by atoms with Crippen LogP contribution >= 0.6 is 11.5 Å². The number of amides is 3. The standard InChI is InChI=1S/C29H29N5O5S/c1-17-9-14-22(39-3)21(15-17)34(29(37)26-23(30)24(27(31)35)33-40-26)25(19-10-12-20(38-2)13-11-19)28(36)32-16-18-7-5-4-6-8-18/h4-15,25H,16,30H2,1-3H3,(H2,31,35)(H,32,36)/t25-/m1/s1. The van der Waals surface area contributed by atoms with Crippen LogP contribution in [0.3, 0.4) is 0 Å². The zero-order valence-electron chi connectivity index (χ0n) is 22.2. The molecule has 1 aromatic heterocycles. The van der Waals surface area contributed by atoms with E-state index in [4.69, 9.17) is 20.9 Å². The Labute approximate surface area is 235 Å². The lowest BCUT2D eigenvalue weighted by Gasteiger charge is -2.32. The summed E-state index contributed by atoms with van der Waals surface area (Å²) in [7, 11) is 3.01. The lowest BCUT2D eigenvalue weighted by atomic mass is 10.0. The number of anilines is 2. The molecule has 0 fully saturated rings. The molecule has 0 aliphatic heterocycles. The highest BCUT2D eigenvalue weighted by molar-refractivity contribution is 7.09. The summed E-state index contributed by atoms with van der Waals surface area (Å²) in [6.45, 7) is 2.09. The van der Waals surface area contributed by atoms with E-state index in [1.807, 2.05) is 43.3 Å². The summed E-state index contributed by atoms with van der Waals surface area (Å²) in [6, 6.07) is 20.3. The first-order chi connectivity index (χ1) is 19.2. The number of ether oxygens (including phenoxy) is 2. The Balaban J connectivity index is 1.89. The zero-order valence-corrected chi connectivity index (χ0v) is 23.0. The van der Waals surface area contributed by atoms with E-state index in [1.165, 1.54) is 19.1 Å². The number of hydrogen-bond donors (Lipinski definition) is 3. The van der Waals surface area contributed by atoms with Gasteiger partial charge in [-0.15, -0.1) is 0 Å². The van der Waals surface area contributed by atoms with Crippen molar-refractivity contribution in [1.82, 2.24) is 9.69 Å². The molecule has 0 unspecified atom stereocenters. The van der Waals surface area contributed by atoms with Crippen LogP contribution in [-0.4, -0.2) is 36.3 Å². The summed E-state index contributed by atoms with van der Waals surface area (Å²) in [4.78, 5) is 41.4. The monoisotopic (exact) mass is 559 g/mol. The smallest absolute Gasteiger partial charge is 0.273 e. The van der Waals surface area contributed by atoms with Gasteiger partial charge in [-0.1, -0.05) is 48.5 Å². The number of benzene rings is 3. The van der Waals surface area contributed by atoms with Crippen LogP contribution in [0, 0.1) is 6.92 Å². The second-order valence-electron chi connectivity index (χ2n) is 8.87. The Morgan fingerprint density at radius 1 is 1.00 bits per heavy atom. The molecule has 0 bridgehead atoms. The number of carbonyl (C=O) groups excluding carboxylic acids is 3. The van der Waals surface area contributed by atoms with E-state index in [9.17, 15) is 14.4 Å². The summed E-state index contributed by atoms with van der Waals surface area (Å²) < 4.78 is 14.9. The number of aromatic nitrogens is 1. The van der Waals surface area contributed by atoms with Gasteiger partial charge in [0.2, 0.25) is 5.91 Å². The predicted molar refractivity (Wildman–Crippen MR) is 154 cm³/mol. The number of carbonyl (C=O) groups is 3. The van der Waals surface area contributed by atoms with Gasteiger partial charge in [0, 0.05) is 6.54 Å². The van der Waals surface area contributed by atoms with Gasteiger partial charge in [-0.05, 0) is 59.4 Å². The first-order valence-corrected chi connectivity index (χ1v) is 13.0. The molecule has 0 aliphatic carbocycles. The molecule has 40 heavy (non-hydrogen) atoms. The van der Waals surface area contributed by atoms with Crippen molar-refractivity contribution in [2.45, 2.75) is 19.5 Å². The minimum Gasteiger partial charge on any atom is -0.497 e. The lowest BCUT2D eigenvalue weighted by molar-refractivity contribution is -0.122. The molecule has 0 saturated heterocycles. The van der Waals surface area contributed by atoms with Crippen LogP contribution in [0.2, 0.25) is 0 Å². The number of aryl methyl sites for hydroxylation is 1. The summed E-state index contributed by atoms with van der Waals surface area (Å²) in [5.74, 6) is -1.03. The van der Waals surface area contributed by atoms with E-state index in [1.54, 1.807) is 36.4 Å². The van der Waals surface area contributed by atoms with Crippen LogP contribution in [0.5, 0.6) is 11.5 Å². The number of primary amides is 1. The maximum absolute atomic E-state index is 14.3. The second kappa shape index (κ2) is 12.3. The number of rotatable bonds is 10. The maximum Gasteiger partial charge on any atom is 0.273 e. The first kappa shape index (κ1) is 28.1. The SMILES string of the molecule is COc1ccc([C@H](C(=O)NCc2ccccc2)N(C(=O)c2snc(C(N)=O)c2N)c2cc(C)ccc2OC)cc1. The average Bonchev–Trinajstić information content (AvgIpc) is 3.36. The summed E-state index contributed by atoms with van der Waals surface area (Å²) >= 11 is 0.734. The zero-order chi connectivity index (χ0) is 28.8. The van der Waals surface area contributed by atoms with Gasteiger partial charge in [-0.25, -0.2) is 0 Å². The van der Waals surface area contributed by atoms with Gasteiger partial charge in [-0.2, -0.15) is 4.37 Å². The molecule has 3 amide bonds. The number of nitrogens with one attached hydrogen (secondary N) is 1. The third-order valence-corrected chi connectivity index (χ3v) is 7.07. The van der Waals surface area contributed by atoms with Gasteiger partial charge in [0.15, 0.2) is 5.69 Å². The van der Waals surface area contributed by atoms with Gasteiger partial charge < -0.3 is 26.3 Å². The number of nitrogens with two attached hydrogens (primary N) is 2. The molecule has 0 radical (unpaired) electrons. The van der Waals surface area contributed by atoms with E-state index >= 15 is 0 Å². The molecule has 3 aromatic carbocycles. The van der Waals surface area contributed by atoms with E-state index in [0.717, 1.165) is 22.7 Å². The number of hydrogen-bond acceptors (Lipinski definition) is 8. The van der Waals surface area contributed by atoms with Crippen LogP contribution in [0.1, 0.15) is 42.9 Å². The van der Waals surface area contributed by atoms with Gasteiger partial charge >= 0.3 is 0 Å². The minimum atomic E-state index is -1.17. The maximum atomic E-state index is 14.3. The Morgan fingerprint density at radius 3 is 2.30 bits per heavy atom. The fourth-order valence-electron chi connectivity index (χ4n) is 4.18. The molecule has 5 N–H and O–H groups in total. The van der Waals surface area contributed by atoms with E-state index in [0.29, 0.717) is 22.7 Å². The second-order valence-corrected chi connectivity index (χ2v) is 9.64. The molecular weight excluding hydrogens is 530 g/mol. The van der Waals surface area contributed by atoms with E-state index < -0.39 is 23.8 Å². The Morgan fingerprint density at radius 2 is 1.70 bits per heavy atom. The van der Waals surface area contributed by atoms with Crippen molar-refractivity contribution in [3.8, 4) is 11.5 Å². The van der Waals surface area contributed by atoms with Crippen LogP contribution < -0.4 is 31.2 Å². The third kappa shape index (κ3) is 5.89. The molecule has 206 valence electrons. The van der Waals surface area contributed by atoms with Crippen molar-refractivity contribution < 1.29 is 23.9 Å². The number of nitrogens with zero attached hydrogens (tertiary/aromatic N) is 2. The van der Waals surface area contributed by atoms with Gasteiger partial charge in [0.05, 0.1) is 25.6 Å².